The monoisotopic (exact) mass is 305 g/mol. The van der Waals surface area contributed by atoms with Crippen molar-refractivity contribution in [3.8, 4) is 0 Å². The molecule has 1 atom stereocenters. The molecule has 1 N–H and O–H groups in total. The standard InChI is InChI=1S/C16H19NO3S/c18-15(10-21-9-11-5-6-11)17-8-13-4-2-1-3-12(13)7-14(17)16(19)20/h1-4,11,14H,5-10H2,(H,19,20)/t14-/m0/s1. The lowest BCUT2D eigenvalue weighted by Crippen LogP contribution is -2.49. The van der Waals surface area contributed by atoms with Gasteiger partial charge in [0.1, 0.15) is 6.04 Å². The summed E-state index contributed by atoms with van der Waals surface area (Å²) in [4.78, 5) is 25.4. The summed E-state index contributed by atoms with van der Waals surface area (Å²) >= 11 is 1.64. The minimum absolute atomic E-state index is 0.0532. The van der Waals surface area contributed by atoms with Gasteiger partial charge in [0, 0.05) is 13.0 Å². The van der Waals surface area contributed by atoms with Crippen LogP contribution in [0.5, 0.6) is 0 Å². The van der Waals surface area contributed by atoms with Crippen molar-refractivity contribution in [3.63, 3.8) is 0 Å². The molecule has 0 spiro atoms. The summed E-state index contributed by atoms with van der Waals surface area (Å²) in [7, 11) is 0. The number of nitrogens with zero attached hydrogens (tertiary/aromatic N) is 1. The molecule has 1 amide bonds. The van der Waals surface area contributed by atoms with Crippen LogP contribution in [-0.2, 0) is 22.6 Å². The van der Waals surface area contributed by atoms with Crippen LogP contribution < -0.4 is 0 Å². The van der Waals surface area contributed by atoms with E-state index in [1.165, 1.54) is 17.7 Å². The highest BCUT2D eigenvalue weighted by atomic mass is 32.2. The third kappa shape index (κ3) is 3.40. The van der Waals surface area contributed by atoms with E-state index in [4.69, 9.17) is 0 Å². The van der Waals surface area contributed by atoms with Gasteiger partial charge in [0.2, 0.25) is 5.91 Å². The average molecular weight is 305 g/mol. The van der Waals surface area contributed by atoms with Crippen molar-refractivity contribution in [3.05, 3.63) is 35.4 Å². The van der Waals surface area contributed by atoms with E-state index < -0.39 is 12.0 Å². The quantitative estimate of drug-likeness (QED) is 0.906. The number of hydrogen-bond acceptors (Lipinski definition) is 3. The van der Waals surface area contributed by atoms with Crippen LogP contribution in [0.4, 0.5) is 0 Å². The summed E-state index contributed by atoms with van der Waals surface area (Å²) in [6.07, 6.45) is 2.95. The minimum Gasteiger partial charge on any atom is -0.480 e. The van der Waals surface area contributed by atoms with Crippen molar-refractivity contribution in [2.24, 2.45) is 5.92 Å². The molecule has 112 valence electrons. The summed E-state index contributed by atoms with van der Waals surface area (Å²) < 4.78 is 0. The van der Waals surface area contributed by atoms with Gasteiger partial charge in [-0.15, -0.1) is 0 Å². The number of carbonyl (C=O) groups excluding carboxylic acids is 1. The van der Waals surface area contributed by atoms with Crippen molar-refractivity contribution in [1.29, 1.82) is 0 Å². The fraction of sp³-hybridized carbons (Fsp3) is 0.500. The van der Waals surface area contributed by atoms with Crippen molar-refractivity contribution in [2.45, 2.75) is 31.8 Å². The highest BCUT2D eigenvalue weighted by molar-refractivity contribution is 7.99. The maximum atomic E-state index is 12.4. The van der Waals surface area contributed by atoms with Gasteiger partial charge in [0.05, 0.1) is 5.75 Å². The SMILES string of the molecule is O=C(O)[C@@H]1Cc2ccccc2CN1C(=O)CSCC1CC1. The van der Waals surface area contributed by atoms with Gasteiger partial charge in [-0.1, -0.05) is 24.3 Å². The molecule has 1 saturated carbocycles. The summed E-state index contributed by atoms with van der Waals surface area (Å²) in [5.74, 6) is 1.23. The van der Waals surface area contributed by atoms with Crippen LogP contribution in [0.2, 0.25) is 0 Å². The van der Waals surface area contributed by atoms with E-state index in [0.717, 1.165) is 22.8 Å². The molecule has 0 aromatic heterocycles. The predicted octanol–water partition coefficient (Wildman–Crippen LogP) is 2.17. The van der Waals surface area contributed by atoms with Crippen LogP contribution in [0.15, 0.2) is 24.3 Å². The van der Waals surface area contributed by atoms with Gasteiger partial charge in [0.25, 0.3) is 0 Å². The Morgan fingerprint density at radius 2 is 1.95 bits per heavy atom. The van der Waals surface area contributed by atoms with E-state index in [-0.39, 0.29) is 5.91 Å². The van der Waals surface area contributed by atoms with Gasteiger partial charge in [-0.2, -0.15) is 11.8 Å². The van der Waals surface area contributed by atoms with E-state index in [2.05, 4.69) is 0 Å². The summed E-state index contributed by atoms with van der Waals surface area (Å²) in [5.41, 5.74) is 2.11. The molecule has 4 nitrogen and oxygen atoms in total. The van der Waals surface area contributed by atoms with Crippen LogP contribution in [0.25, 0.3) is 0 Å². The Bertz CT molecular complexity index is 556. The zero-order valence-corrected chi connectivity index (χ0v) is 12.6. The highest BCUT2D eigenvalue weighted by Gasteiger charge is 2.34. The maximum absolute atomic E-state index is 12.4. The van der Waals surface area contributed by atoms with Crippen molar-refractivity contribution < 1.29 is 14.7 Å². The number of thioether (sulfide) groups is 1. The molecule has 1 aliphatic carbocycles. The highest BCUT2D eigenvalue weighted by Crippen LogP contribution is 2.32. The largest absolute Gasteiger partial charge is 0.480 e. The van der Waals surface area contributed by atoms with Crippen LogP contribution >= 0.6 is 11.8 Å². The smallest absolute Gasteiger partial charge is 0.326 e. The number of amides is 1. The van der Waals surface area contributed by atoms with Crippen molar-refractivity contribution in [1.82, 2.24) is 4.90 Å². The van der Waals surface area contributed by atoms with E-state index >= 15 is 0 Å². The first-order valence-electron chi connectivity index (χ1n) is 7.32. The second-order valence-electron chi connectivity index (χ2n) is 5.81. The molecule has 1 aromatic rings. The molecule has 2 aliphatic rings. The first-order chi connectivity index (χ1) is 10.1. The number of fused-ring (bicyclic) bond motifs is 1. The Balaban J connectivity index is 1.68. The van der Waals surface area contributed by atoms with E-state index in [1.807, 2.05) is 24.3 Å². The zero-order chi connectivity index (χ0) is 14.8. The molecule has 1 fully saturated rings. The van der Waals surface area contributed by atoms with Crippen LogP contribution in [-0.4, -0.2) is 39.4 Å². The number of hydrogen-bond donors (Lipinski definition) is 1. The molecule has 0 unspecified atom stereocenters. The molecule has 5 heteroatoms. The fourth-order valence-electron chi connectivity index (χ4n) is 2.69. The summed E-state index contributed by atoms with van der Waals surface area (Å²) in [5, 5.41) is 9.41. The fourth-order valence-corrected chi connectivity index (χ4v) is 3.81. The van der Waals surface area contributed by atoms with E-state index in [9.17, 15) is 14.7 Å². The van der Waals surface area contributed by atoms with E-state index in [0.29, 0.717) is 18.7 Å². The molecule has 1 aromatic carbocycles. The molecular weight excluding hydrogens is 286 g/mol. The minimum atomic E-state index is -0.912. The third-order valence-corrected chi connectivity index (χ3v) is 5.29. The topological polar surface area (TPSA) is 57.6 Å². The van der Waals surface area contributed by atoms with E-state index in [1.54, 1.807) is 11.8 Å². The van der Waals surface area contributed by atoms with Crippen LogP contribution in [0.3, 0.4) is 0 Å². The lowest BCUT2D eigenvalue weighted by Gasteiger charge is -2.34. The number of carboxylic acid groups (broad SMARTS) is 1. The number of benzene rings is 1. The van der Waals surface area contributed by atoms with Crippen LogP contribution in [0.1, 0.15) is 24.0 Å². The number of carbonyl (C=O) groups is 2. The average Bonchev–Trinajstić information content (AvgIpc) is 3.30. The van der Waals surface area contributed by atoms with Gasteiger partial charge in [-0.3, -0.25) is 4.79 Å². The van der Waals surface area contributed by atoms with Crippen LogP contribution in [0, 0.1) is 5.92 Å². The number of aliphatic carboxylic acids is 1. The van der Waals surface area contributed by atoms with Gasteiger partial charge >= 0.3 is 5.97 Å². The van der Waals surface area contributed by atoms with Gasteiger partial charge in [0.15, 0.2) is 0 Å². The predicted molar refractivity (Wildman–Crippen MR) is 82.2 cm³/mol. The first kappa shape index (κ1) is 14.4. The zero-order valence-electron chi connectivity index (χ0n) is 11.8. The molecule has 0 saturated heterocycles. The van der Waals surface area contributed by atoms with Gasteiger partial charge in [-0.25, -0.2) is 4.79 Å². The molecule has 21 heavy (non-hydrogen) atoms. The van der Waals surface area contributed by atoms with Crippen molar-refractivity contribution >= 4 is 23.6 Å². The molecule has 1 aliphatic heterocycles. The first-order valence-corrected chi connectivity index (χ1v) is 8.47. The summed E-state index contributed by atoms with van der Waals surface area (Å²) in [6, 6.07) is 7.05. The third-order valence-electron chi connectivity index (χ3n) is 4.13. The Hall–Kier alpha value is -1.49. The summed E-state index contributed by atoms with van der Waals surface area (Å²) in [6.45, 7) is 0.413. The molecule has 1 heterocycles. The number of rotatable bonds is 5. The lowest BCUT2D eigenvalue weighted by molar-refractivity contribution is -0.150. The Labute approximate surface area is 128 Å². The van der Waals surface area contributed by atoms with Gasteiger partial charge < -0.3 is 10.0 Å². The Morgan fingerprint density at radius 1 is 1.24 bits per heavy atom. The maximum Gasteiger partial charge on any atom is 0.326 e. The molecule has 0 radical (unpaired) electrons. The molecule has 3 rings (SSSR count). The normalized spacial score (nSPS) is 21.0. The number of carboxylic acids is 1. The Kier molecular flexibility index (Phi) is 4.19. The molecular formula is C16H19NO3S. The van der Waals surface area contributed by atoms with Gasteiger partial charge in [-0.05, 0) is 35.6 Å². The van der Waals surface area contributed by atoms with Crippen molar-refractivity contribution in [2.75, 3.05) is 11.5 Å². The Morgan fingerprint density at radius 3 is 2.62 bits per heavy atom. The lowest BCUT2D eigenvalue weighted by atomic mass is 9.94. The second-order valence-corrected chi connectivity index (χ2v) is 6.84. The molecule has 0 bridgehead atoms. The second kappa shape index (κ2) is 6.10.